The van der Waals surface area contributed by atoms with Crippen molar-refractivity contribution < 1.29 is 23.5 Å². The number of aliphatic hydroxyl groups excluding tert-OH is 1. The van der Waals surface area contributed by atoms with Crippen LogP contribution in [0.4, 0.5) is 14.5 Å². The number of thiophene rings is 1. The molecule has 106 valence electrons. The van der Waals surface area contributed by atoms with E-state index in [1.54, 1.807) is 0 Å². The number of ether oxygens (including phenoxy) is 1. The van der Waals surface area contributed by atoms with E-state index in [1.807, 2.05) is 0 Å². The van der Waals surface area contributed by atoms with E-state index >= 15 is 0 Å². The highest BCUT2D eigenvalue weighted by Gasteiger charge is 2.24. The van der Waals surface area contributed by atoms with Crippen LogP contribution in [0.1, 0.15) is 17.9 Å². The van der Waals surface area contributed by atoms with Crippen molar-refractivity contribution in [1.82, 2.24) is 0 Å². The molecule has 0 bridgehead atoms. The van der Waals surface area contributed by atoms with Crippen LogP contribution >= 0.6 is 11.3 Å². The highest BCUT2D eigenvalue weighted by atomic mass is 32.1. The molecule has 5 nitrogen and oxygen atoms in total. The van der Waals surface area contributed by atoms with Crippen molar-refractivity contribution in [2.45, 2.75) is 13.0 Å². The summed E-state index contributed by atoms with van der Waals surface area (Å²) in [6, 6.07) is 3.70. The first kappa shape index (κ1) is 14.4. The second-order valence-corrected chi connectivity index (χ2v) is 4.98. The number of benzene rings is 1. The van der Waals surface area contributed by atoms with Gasteiger partial charge in [0.25, 0.3) is 5.06 Å². The van der Waals surface area contributed by atoms with Crippen LogP contribution in [0, 0.1) is 21.7 Å². The molecule has 20 heavy (non-hydrogen) atoms. The lowest BCUT2D eigenvalue weighted by atomic mass is 10.3. The number of nitro groups is 1. The van der Waals surface area contributed by atoms with E-state index in [2.05, 4.69) is 0 Å². The van der Waals surface area contributed by atoms with Gasteiger partial charge in [0.15, 0.2) is 11.6 Å². The standard InChI is InChI=1S/C12H9F2NO4S/c1-6(16)11-5-9(15(17)18)12(20-11)19-10-4-7(13)2-3-8(10)14/h2-6,16H,1H3/t6-/m1/s1. The van der Waals surface area contributed by atoms with Crippen molar-refractivity contribution >= 4 is 17.0 Å². The van der Waals surface area contributed by atoms with Crippen molar-refractivity contribution in [3.05, 3.63) is 50.9 Å². The van der Waals surface area contributed by atoms with Crippen LogP contribution in [0.25, 0.3) is 0 Å². The fourth-order valence-corrected chi connectivity index (χ4v) is 2.37. The number of hydrogen-bond acceptors (Lipinski definition) is 5. The van der Waals surface area contributed by atoms with Gasteiger partial charge in [-0.2, -0.15) is 0 Å². The van der Waals surface area contributed by atoms with Gasteiger partial charge in [0.2, 0.25) is 0 Å². The molecule has 2 aromatic rings. The Morgan fingerprint density at radius 2 is 2.10 bits per heavy atom. The van der Waals surface area contributed by atoms with Crippen LogP contribution in [0.3, 0.4) is 0 Å². The molecular formula is C12H9F2NO4S. The van der Waals surface area contributed by atoms with E-state index in [4.69, 9.17) is 4.74 Å². The van der Waals surface area contributed by atoms with Gasteiger partial charge in [-0.05, 0) is 19.1 Å². The third kappa shape index (κ3) is 2.91. The van der Waals surface area contributed by atoms with E-state index in [-0.39, 0.29) is 5.06 Å². The molecule has 8 heteroatoms. The average molecular weight is 301 g/mol. The first-order valence-electron chi connectivity index (χ1n) is 5.47. The van der Waals surface area contributed by atoms with Crippen LogP contribution in [0.5, 0.6) is 10.8 Å². The van der Waals surface area contributed by atoms with Crippen LogP contribution in [-0.4, -0.2) is 10.0 Å². The Labute approximate surface area is 116 Å². The quantitative estimate of drug-likeness (QED) is 0.689. The normalized spacial score (nSPS) is 12.2. The first-order valence-corrected chi connectivity index (χ1v) is 6.29. The monoisotopic (exact) mass is 301 g/mol. The molecule has 1 heterocycles. The lowest BCUT2D eigenvalue weighted by Crippen LogP contribution is -1.92. The molecule has 0 unspecified atom stereocenters. The Kier molecular flexibility index (Phi) is 3.96. The van der Waals surface area contributed by atoms with Crippen molar-refractivity contribution in [3.8, 4) is 10.8 Å². The van der Waals surface area contributed by atoms with Crippen molar-refractivity contribution in [2.75, 3.05) is 0 Å². The summed E-state index contributed by atoms with van der Waals surface area (Å²) in [5.41, 5.74) is -0.408. The Morgan fingerprint density at radius 3 is 2.70 bits per heavy atom. The molecule has 1 N–H and O–H groups in total. The van der Waals surface area contributed by atoms with Gasteiger partial charge in [0.05, 0.1) is 11.0 Å². The van der Waals surface area contributed by atoms with E-state index in [9.17, 15) is 24.0 Å². The summed E-state index contributed by atoms with van der Waals surface area (Å²) >= 11 is 0.802. The zero-order valence-corrected chi connectivity index (χ0v) is 11.0. The predicted octanol–water partition coefficient (Wildman–Crippen LogP) is 3.78. The topological polar surface area (TPSA) is 72.6 Å². The molecule has 1 atom stereocenters. The van der Waals surface area contributed by atoms with Crippen molar-refractivity contribution in [2.24, 2.45) is 0 Å². The summed E-state index contributed by atoms with van der Waals surface area (Å²) in [6.07, 6.45) is -0.923. The van der Waals surface area contributed by atoms with Crippen LogP contribution in [0.15, 0.2) is 24.3 Å². The van der Waals surface area contributed by atoms with E-state index in [0.717, 1.165) is 35.6 Å². The number of halogens is 2. The molecule has 1 aromatic heterocycles. The average Bonchev–Trinajstić information content (AvgIpc) is 2.78. The molecule has 0 fully saturated rings. The van der Waals surface area contributed by atoms with Gasteiger partial charge in [0.1, 0.15) is 5.82 Å². The van der Waals surface area contributed by atoms with E-state index in [1.165, 1.54) is 6.92 Å². The van der Waals surface area contributed by atoms with E-state index < -0.39 is 34.1 Å². The van der Waals surface area contributed by atoms with Crippen molar-refractivity contribution in [1.29, 1.82) is 0 Å². The summed E-state index contributed by atoms with van der Waals surface area (Å²) in [5, 5.41) is 20.1. The molecule has 0 radical (unpaired) electrons. The summed E-state index contributed by atoms with van der Waals surface area (Å²) in [6.45, 7) is 1.43. The van der Waals surface area contributed by atoms with Gasteiger partial charge in [-0.25, -0.2) is 8.78 Å². The highest BCUT2D eigenvalue weighted by molar-refractivity contribution is 7.14. The van der Waals surface area contributed by atoms with Gasteiger partial charge >= 0.3 is 5.69 Å². The van der Waals surface area contributed by atoms with Crippen molar-refractivity contribution in [3.63, 3.8) is 0 Å². The summed E-state index contributed by atoms with van der Waals surface area (Å²) < 4.78 is 31.5. The van der Waals surface area contributed by atoms with Crippen LogP contribution in [0.2, 0.25) is 0 Å². The first-order chi connectivity index (χ1) is 9.38. The summed E-state index contributed by atoms with van der Waals surface area (Å²) in [5.74, 6) is -2.02. The van der Waals surface area contributed by atoms with E-state index in [0.29, 0.717) is 4.88 Å². The molecule has 0 spiro atoms. The predicted molar refractivity (Wildman–Crippen MR) is 68.0 cm³/mol. The maximum atomic E-state index is 13.4. The summed E-state index contributed by atoms with van der Waals surface area (Å²) in [4.78, 5) is 10.5. The Balaban J connectivity index is 2.42. The molecule has 0 saturated carbocycles. The van der Waals surface area contributed by atoms with Gasteiger partial charge in [0, 0.05) is 17.0 Å². The maximum Gasteiger partial charge on any atom is 0.323 e. The van der Waals surface area contributed by atoms with Crippen LogP contribution < -0.4 is 4.74 Å². The third-order valence-corrected chi connectivity index (χ3v) is 3.58. The molecule has 0 amide bonds. The minimum atomic E-state index is -0.923. The zero-order valence-electron chi connectivity index (χ0n) is 10.2. The zero-order chi connectivity index (χ0) is 14.9. The molecule has 0 aliphatic heterocycles. The Bertz CT molecular complexity index is 657. The lowest BCUT2D eigenvalue weighted by molar-refractivity contribution is -0.385. The largest absolute Gasteiger partial charge is 0.437 e. The maximum absolute atomic E-state index is 13.4. The molecule has 1 aromatic carbocycles. The number of aliphatic hydroxyl groups is 1. The fourth-order valence-electron chi connectivity index (χ4n) is 1.44. The molecule has 0 saturated heterocycles. The van der Waals surface area contributed by atoms with Gasteiger partial charge in [-0.3, -0.25) is 10.1 Å². The van der Waals surface area contributed by atoms with Gasteiger partial charge in [-0.15, -0.1) is 0 Å². The number of nitrogens with zero attached hydrogens (tertiary/aromatic N) is 1. The minimum Gasteiger partial charge on any atom is -0.437 e. The molecule has 0 aliphatic carbocycles. The third-order valence-electron chi connectivity index (χ3n) is 2.40. The molecule has 0 aliphatic rings. The number of rotatable bonds is 4. The minimum absolute atomic E-state index is 0.213. The summed E-state index contributed by atoms with van der Waals surface area (Å²) in [7, 11) is 0. The van der Waals surface area contributed by atoms with Crippen LogP contribution in [-0.2, 0) is 0 Å². The van der Waals surface area contributed by atoms with Gasteiger partial charge < -0.3 is 9.84 Å². The van der Waals surface area contributed by atoms with Gasteiger partial charge in [-0.1, -0.05) is 11.3 Å². The lowest BCUT2D eigenvalue weighted by Gasteiger charge is -2.04. The smallest absolute Gasteiger partial charge is 0.323 e. The highest BCUT2D eigenvalue weighted by Crippen LogP contribution is 2.42. The number of hydrogen-bond donors (Lipinski definition) is 1. The second-order valence-electron chi connectivity index (χ2n) is 3.93. The SMILES string of the molecule is C[C@@H](O)c1cc([N+](=O)[O-])c(Oc2cc(F)ccc2F)s1. The Morgan fingerprint density at radius 1 is 1.40 bits per heavy atom. The molecule has 2 rings (SSSR count). The Hall–Kier alpha value is -2.06. The fraction of sp³-hybridized carbons (Fsp3) is 0.167. The second kappa shape index (κ2) is 5.51. The molecular weight excluding hydrogens is 292 g/mol.